The number of aldehydes is 2. The van der Waals surface area contributed by atoms with Gasteiger partial charge < -0.3 is 24.2 Å². The Kier molecular flexibility index (Phi) is 13.7. The van der Waals surface area contributed by atoms with Crippen LogP contribution in [0.4, 0.5) is 19.0 Å². The van der Waals surface area contributed by atoms with E-state index < -0.39 is 12.1 Å². The Hall–Kier alpha value is -2.69. The highest BCUT2D eigenvalue weighted by Crippen LogP contribution is 2.53. The van der Waals surface area contributed by atoms with Gasteiger partial charge in [0.1, 0.15) is 28.9 Å². The molecular formula is C31H44ClF3N4O3. The molecule has 42 heavy (non-hydrogen) atoms. The van der Waals surface area contributed by atoms with Gasteiger partial charge in [-0.1, -0.05) is 23.7 Å². The van der Waals surface area contributed by atoms with E-state index in [-0.39, 0.29) is 11.8 Å². The lowest BCUT2D eigenvalue weighted by molar-refractivity contribution is -0.155. The van der Waals surface area contributed by atoms with Crippen LogP contribution >= 0.6 is 11.6 Å². The standard InChI is InChI=1S/C18H26ClN3O.C10H9F3O2.C3H9N/c1-21(2)8-5-14-11-18(12-14)6-9-22(10-7-18)16-4-3-15(13-23)17(19)20-16;1-15-8-4-2-3-7(5-8)9(6-14)10(11,12)13;1-4(2)3/h3-4,13-14H,5-12H2,1-2H3;2-6,9H,1H3;1-3H3. The summed E-state index contributed by atoms with van der Waals surface area (Å²) in [7, 11) is 11.7. The fraction of sp³-hybridized carbons (Fsp3) is 0.581. The van der Waals surface area contributed by atoms with E-state index in [0.29, 0.717) is 21.9 Å². The zero-order valence-electron chi connectivity index (χ0n) is 25.5. The third-order valence-electron chi connectivity index (χ3n) is 7.51. The normalized spacial score (nSPS) is 17.0. The molecule has 11 heteroatoms. The summed E-state index contributed by atoms with van der Waals surface area (Å²) in [5, 5.41) is 0.310. The molecule has 1 unspecified atom stereocenters. The summed E-state index contributed by atoms with van der Waals surface area (Å²) in [5.41, 5.74) is 0.934. The molecule has 0 radical (unpaired) electrons. The summed E-state index contributed by atoms with van der Waals surface area (Å²) < 4.78 is 41.9. The maximum absolute atomic E-state index is 12.4. The van der Waals surface area contributed by atoms with E-state index in [2.05, 4.69) is 28.9 Å². The first-order chi connectivity index (χ1) is 19.7. The number of rotatable bonds is 8. The SMILES string of the molecule is CN(C)C.CN(C)CCC1CC2(CCN(c3ccc(C=O)c(Cl)n3)CC2)C1.COc1cccc(C(C=O)C(F)(F)F)c1. The lowest BCUT2D eigenvalue weighted by atomic mass is 9.57. The number of carbonyl (C=O) groups excluding carboxylic acids is 2. The minimum atomic E-state index is -4.56. The Labute approximate surface area is 253 Å². The molecular weight excluding hydrogens is 569 g/mol. The van der Waals surface area contributed by atoms with Crippen LogP contribution in [0.5, 0.6) is 5.75 Å². The predicted molar refractivity (Wildman–Crippen MR) is 162 cm³/mol. The van der Waals surface area contributed by atoms with Gasteiger partial charge in [0, 0.05) is 13.1 Å². The average Bonchev–Trinajstić information content (AvgIpc) is 2.90. The Morgan fingerprint density at radius 3 is 2.19 bits per heavy atom. The van der Waals surface area contributed by atoms with Gasteiger partial charge in [0.15, 0.2) is 6.29 Å². The molecule has 2 aliphatic rings. The molecule has 1 atom stereocenters. The van der Waals surface area contributed by atoms with E-state index in [0.717, 1.165) is 31.1 Å². The molecule has 1 aromatic carbocycles. The molecule has 1 spiro atoms. The summed E-state index contributed by atoms with van der Waals surface area (Å²) in [5.74, 6) is 0.0264. The molecule has 2 aromatic rings. The molecule has 1 saturated carbocycles. The minimum absolute atomic E-state index is 0.114. The van der Waals surface area contributed by atoms with Crippen LogP contribution in [0.25, 0.3) is 0 Å². The van der Waals surface area contributed by atoms with E-state index in [1.807, 2.05) is 32.1 Å². The fourth-order valence-electron chi connectivity index (χ4n) is 5.31. The van der Waals surface area contributed by atoms with Crippen LogP contribution in [0, 0.1) is 11.3 Å². The van der Waals surface area contributed by atoms with E-state index in [9.17, 15) is 22.8 Å². The predicted octanol–water partition coefficient (Wildman–Crippen LogP) is 6.21. The largest absolute Gasteiger partial charge is 0.497 e. The average molecular weight is 613 g/mol. The first kappa shape index (κ1) is 35.5. The number of hydrogen-bond donors (Lipinski definition) is 0. The number of pyridine rings is 1. The molecule has 1 aliphatic carbocycles. The molecule has 1 aliphatic heterocycles. The van der Waals surface area contributed by atoms with Gasteiger partial charge in [-0.25, -0.2) is 4.98 Å². The van der Waals surface area contributed by atoms with Gasteiger partial charge in [0.05, 0.1) is 12.7 Å². The van der Waals surface area contributed by atoms with Crippen molar-refractivity contribution >= 4 is 30.0 Å². The number of carbonyl (C=O) groups is 2. The number of aromatic nitrogens is 1. The van der Waals surface area contributed by atoms with Crippen LogP contribution in [-0.4, -0.2) is 95.5 Å². The number of methoxy groups -OCH3 is 1. The Bertz CT molecular complexity index is 1130. The number of piperidine rings is 1. The van der Waals surface area contributed by atoms with Gasteiger partial charge in [0.25, 0.3) is 0 Å². The molecule has 1 saturated heterocycles. The molecule has 2 fully saturated rings. The topological polar surface area (TPSA) is 66.0 Å². The molecule has 0 N–H and O–H groups in total. The van der Waals surface area contributed by atoms with Crippen molar-refractivity contribution < 1.29 is 27.5 Å². The highest BCUT2D eigenvalue weighted by molar-refractivity contribution is 6.31. The maximum atomic E-state index is 12.4. The second kappa shape index (κ2) is 16.2. The molecule has 4 rings (SSSR count). The number of anilines is 1. The summed E-state index contributed by atoms with van der Waals surface area (Å²) in [6.45, 7) is 3.30. The van der Waals surface area contributed by atoms with Crippen molar-refractivity contribution in [1.82, 2.24) is 14.8 Å². The van der Waals surface area contributed by atoms with Crippen LogP contribution in [0.15, 0.2) is 36.4 Å². The van der Waals surface area contributed by atoms with Crippen molar-refractivity contribution in [3.8, 4) is 5.75 Å². The zero-order chi connectivity index (χ0) is 31.5. The highest BCUT2D eigenvalue weighted by atomic mass is 35.5. The number of ether oxygens (including phenoxy) is 1. The van der Waals surface area contributed by atoms with Gasteiger partial charge in [-0.2, -0.15) is 13.2 Å². The van der Waals surface area contributed by atoms with Crippen molar-refractivity contribution in [2.75, 3.05) is 66.9 Å². The second-order valence-corrected chi connectivity index (χ2v) is 12.2. The van der Waals surface area contributed by atoms with Crippen LogP contribution in [-0.2, 0) is 4.79 Å². The monoisotopic (exact) mass is 612 g/mol. The van der Waals surface area contributed by atoms with E-state index in [4.69, 9.17) is 16.3 Å². The first-order valence-corrected chi connectivity index (χ1v) is 14.4. The minimum Gasteiger partial charge on any atom is -0.497 e. The lowest BCUT2D eigenvalue weighted by Gasteiger charge is -2.53. The molecule has 0 bridgehead atoms. The Morgan fingerprint density at radius 1 is 1.10 bits per heavy atom. The van der Waals surface area contributed by atoms with Crippen molar-refractivity contribution in [3.05, 3.63) is 52.7 Å². The molecule has 1 aromatic heterocycles. The summed E-state index contributed by atoms with van der Waals surface area (Å²) in [6, 6.07) is 9.05. The molecule has 7 nitrogen and oxygen atoms in total. The van der Waals surface area contributed by atoms with E-state index in [1.165, 1.54) is 70.0 Å². The number of nitrogens with zero attached hydrogens (tertiary/aromatic N) is 4. The van der Waals surface area contributed by atoms with Gasteiger partial charge in [-0.3, -0.25) is 4.79 Å². The van der Waals surface area contributed by atoms with Gasteiger partial charge in [-0.05, 0) is 115 Å². The highest BCUT2D eigenvalue weighted by Gasteiger charge is 2.45. The van der Waals surface area contributed by atoms with Crippen LogP contribution in [0.3, 0.4) is 0 Å². The number of alkyl halides is 3. The van der Waals surface area contributed by atoms with Crippen molar-refractivity contribution in [2.24, 2.45) is 11.3 Å². The van der Waals surface area contributed by atoms with Crippen molar-refractivity contribution in [1.29, 1.82) is 0 Å². The molecule has 0 amide bonds. The zero-order valence-corrected chi connectivity index (χ0v) is 26.2. The van der Waals surface area contributed by atoms with Crippen molar-refractivity contribution in [3.63, 3.8) is 0 Å². The van der Waals surface area contributed by atoms with Crippen LogP contribution in [0.1, 0.15) is 53.9 Å². The maximum Gasteiger partial charge on any atom is 0.402 e. The van der Waals surface area contributed by atoms with E-state index in [1.54, 1.807) is 6.07 Å². The Morgan fingerprint density at radius 2 is 1.71 bits per heavy atom. The Balaban J connectivity index is 0.000000280. The van der Waals surface area contributed by atoms with Crippen LogP contribution in [0.2, 0.25) is 5.15 Å². The third kappa shape index (κ3) is 10.9. The molecule has 2 heterocycles. The summed E-state index contributed by atoms with van der Waals surface area (Å²) >= 11 is 6.05. The van der Waals surface area contributed by atoms with E-state index >= 15 is 0 Å². The van der Waals surface area contributed by atoms with Crippen molar-refractivity contribution in [2.45, 2.75) is 44.2 Å². The lowest BCUT2D eigenvalue weighted by Crippen LogP contribution is -2.47. The summed E-state index contributed by atoms with van der Waals surface area (Å²) in [6.07, 6.45) is 2.71. The number of hydrogen-bond acceptors (Lipinski definition) is 7. The molecule has 234 valence electrons. The summed E-state index contributed by atoms with van der Waals surface area (Å²) in [4.78, 5) is 32.2. The number of benzene rings is 1. The smallest absolute Gasteiger partial charge is 0.402 e. The van der Waals surface area contributed by atoms with Gasteiger partial charge in [0.2, 0.25) is 0 Å². The van der Waals surface area contributed by atoms with Gasteiger partial charge in [-0.15, -0.1) is 0 Å². The second-order valence-electron chi connectivity index (χ2n) is 11.8. The van der Waals surface area contributed by atoms with Gasteiger partial charge >= 0.3 is 6.18 Å². The fourth-order valence-corrected chi connectivity index (χ4v) is 5.50. The third-order valence-corrected chi connectivity index (χ3v) is 7.81. The quantitative estimate of drug-likeness (QED) is 0.259. The van der Waals surface area contributed by atoms with Crippen LogP contribution < -0.4 is 9.64 Å². The first-order valence-electron chi connectivity index (χ1n) is 14.0. The number of halogens is 4.